The van der Waals surface area contributed by atoms with Crippen molar-refractivity contribution in [3.05, 3.63) is 0 Å². The van der Waals surface area contributed by atoms with Gasteiger partial charge in [-0.2, -0.15) is 4.31 Å². The second kappa shape index (κ2) is 8.67. The van der Waals surface area contributed by atoms with E-state index in [-0.39, 0.29) is 12.0 Å². The van der Waals surface area contributed by atoms with E-state index in [1.165, 1.54) is 17.7 Å². The fraction of sp³-hybridized carbons (Fsp3) is 0.923. The summed E-state index contributed by atoms with van der Waals surface area (Å²) in [5.41, 5.74) is 0. The standard InChI is InChI=1S/C13H27N3O4S/c1-4-6-14-12(13(17)20-2)5-7-15-8-10-16(11-9-15)21(3,18)19/h12,14H,4-11H2,1-3H3. The molecule has 0 aromatic heterocycles. The lowest BCUT2D eigenvalue weighted by Crippen LogP contribution is -2.49. The lowest BCUT2D eigenvalue weighted by Gasteiger charge is -2.33. The summed E-state index contributed by atoms with van der Waals surface area (Å²) in [6.45, 7) is 6.03. The predicted octanol–water partition coefficient (Wildman–Crippen LogP) is -0.505. The Balaban J connectivity index is 2.38. The molecule has 1 aliphatic heterocycles. The predicted molar refractivity (Wildman–Crippen MR) is 81.6 cm³/mol. The molecule has 0 amide bonds. The Kier molecular flexibility index (Phi) is 7.58. The number of carbonyl (C=O) groups excluding carboxylic acids is 1. The van der Waals surface area contributed by atoms with E-state index < -0.39 is 10.0 Å². The summed E-state index contributed by atoms with van der Waals surface area (Å²) < 4.78 is 29.2. The Labute approximate surface area is 127 Å². The summed E-state index contributed by atoms with van der Waals surface area (Å²) in [5, 5.41) is 3.19. The fourth-order valence-corrected chi connectivity index (χ4v) is 3.19. The van der Waals surface area contributed by atoms with E-state index in [4.69, 9.17) is 4.74 Å². The number of carbonyl (C=O) groups is 1. The molecule has 0 bridgehead atoms. The second-order valence-electron chi connectivity index (χ2n) is 5.32. The van der Waals surface area contributed by atoms with Gasteiger partial charge >= 0.3 is 5.97 Å². The quantitative estimate of drug-likeness (QED) is 0.607. The molecule has 8 heteroatoms. The highest BCUT2D eigenvalue weighted by atomic mass is 32.2. The number of piperazine rings is 1. The molecule has 1 atom stereocenters. The van der Waals surface area contributed by atoms with Crippen LogP contribution in [0.5, 0.6) is 0 Å². The van der Waals surface area contributed by atoms with Crippen LogP contribution in [0.1, 0.15) is 19.8 Å². The largest absolute Gasteiger partial charge is 0.468 e. The van der Waals surface area contributed by atoms with E-state index in [2.05, 4.69) is 10.2 Å². The first kappa shape index (κ1) is 18.3. The van der Waals surface area contributed by atoms with E-state index in [1.54, 1.807) is 0 Å². The Morgan fingerprint density at radius 3 is 2.38 bits per heavy atom. The van der Waals surface area contributed by atoms with Crippen molar-refractivity contribution >= 4 is 16.0 Å². The van der Waals surface area contributed by atoms with Crippen LogP contribution in [0.3, 0.4) is 0 Å². The fourth-order valence-electron chi connectivity index (χ4n) is 2.36. The molecule has 124 valence electrons. The van der Waals surface area contributed by atoms with E-state index in [0.29, 0.717) is 32.6 Å². The van der Waals surface area contributed by atoms with Crippen molar-refractivity contribution in [2.75, 3.05) is 52.6 Å². The van der Waals surface area contributed by atoms with Crippen LogP contribution in [0, 0.1) is 0 Å². The van der Waals surface area contributed by atoms with Crippen LogP contribution in [0.15, 0.2) is 0 Å². The molecule has 0 saturated carbocycles. The molecular formula is C13H27N3O4S. The lowest BCUT2D eigenvalue weighted by molar-refractivity contribution is -0.143. The molecule has 1 aliphatic rings. The molecule has 1 N–H and O–H groups in total. The van der Waals surface area contributed by atoms with Gasteiger partial charge < -0.3 is 15.0 Å². The molecule has 0 aromatic carbocycles. The molecule has 0 aromatic rings. The normalized spacial score (nSPS) is 19.4. The first-order chi connectivity index (χ1) is 9.88. The van der Waals surface area contributed by atoms with Gasteiger partial charge in [0, 0.05) is 32.7 Å². The zero-order chi connectivity index (χ0) is 15.9. The number of hydrogen-bond donors (Lipinski definition) is 1. The molecule has 0 spiro atoms. The van der Waals surface area contributed by atoms with Crippen molar-refractivity contribution < 1.29 is 17.9 Å². The van der Waals surface area contributed by atoms with E-state index in [1.807, 2.05) is 6.92 Å². The maximum Gasteiger partial charge on any atom is 0.322 e. The Hall–Kier alpha value is -0.700. The third-order valence-electron chi connectivity index (χ3n) is 3.66. The number of nitrogens with one attached hydrogen (secondary N) is 1. The number of nitrogens with zero attached hydrogens (tertiary/aromatic N) is 2. The van der Waals surface area contributed by atoms with Gasteiger partial charge in [-0.3, -0.25) is 4.79 Å². The van der Waals surface area contributed by atoms with Crippen LogP contribution < -0.4 is 5.32 Å². The van der Waals surface area contributed by atoms with Crippen LogP contribution in [0.25, 0.3) is 0 Å². The maximum atomic E-state index is 11.7. The zero-order valence-electron chi connectivity index (χ0n) is 13.2. The second-order valence-corrected chi connectivity index (χ2v) is 7.30. The Morgan fingerprint density at radius 1 is 1.29 bits per heavy atom. The summed E-state index contributed by atoms with van der Waals surface area (Å²) in [5.74, 6) is -0.238. The summed E-state index contributed by atoms with van der Waals surface area (Å²) >= 11 is 0. The third-order valence-corrected chi connectivity index (χ3v) is 4.96. The Morgan fingerprint density at radius 2 is 1.90 bits per heavy atom. The van der Waals surface area contributed by atoms with Crippen molar-refractivity contribution in [3.63, 3.8) is 0 Å². The number of esters is 1. The molecule has 21 heavy (non-hydrogen) atoms. The Bertz CT molecular complexity index is 419. The van der Waals surface area contributed by atoms with Crippen LogP contribution in [-0.2, 0) is 19.6 Å². The van der Waals surface area contributed by atoms with Gasteiger partial charge in [-0.05, 0) is 19.4 Å². The SMILES string of the molecule is CCCNC(CCN1CCN(S(C)(=O)=O)CC1)C(=O)OC. The number of hydrogen-bond acceptors (Lipinski definition) is 6. The number of methoxy groups -OCH3 is 1. The minimum Gasteiger partial charge on any atom is -0.468 e. The molecular weight excluding hydrogens is 294 g/mol. The zero-order valence-corrected chi connectivity index (χ0v) is 14.0. The highest BCUT2D eigenvalue weighted by Crippen LogP contribution is 2.07. The van der Waals surface area contributed by atoms with E-state index in [9.17, 15) is 13.2 Å². The summed E-state index contributed by atoms with van der Waals surface area (Å²) in [6.07, 6.45) is 2.87. The topological polar surface area (TPSA) is 79.0 Å². The van der Waals surface area contributed by atoms with Gasteiger partial charge in [0.1, 0.15) is 6.04 Å². The summed E-state index contributed by atoms with van der Waals surface area (Å²) in [6, 6.07) is -0.289. The van der Waals surface area contributed by atoms with Crippen molar-refractivity contribution in [3.8, 4) is 0 Å². The monoisotopic (exact) mass is 321 g/mol. The number of rotatable bonds is 8. The first-order valence-corrected chi connectivity index (χ1v) is 9.22. The number of ether oxygens (including phenoxy) is 1. The van der Waals surface area contributed by atoms with Crippen molar-refractivity contribution in [1.29, 1.82) is 0 Å². The molecule has 1 rings (SSSR count). The maximum absolute atomic E-state index is 11.7. The van der Waals surface area contributed by atoms with Gasteiger partial charge in [0.25, 0.3) is 0 Å². The molecule has 0 radical (unpaired) electrons. The first-order valence-electron chi connectivity index (χ1n) is 7.37. The minimum absolute atomic E-state index is 0.238. The molecule has 1 saturated heterocycles. The smallest absolute Gasteiger partial charge is 0.322 e. The van der Waals surface area contributed by atoms with Crippen LogP contribution >= 0.6 is 0 Å². The van der Waals surface area contributed by atoms with Gasteiger partial charge in [-0.1, -0.05) is 6.92 Å². The van der Waals surface area contributed by atoms with Crippen LogP contribution in [0.4, 0.5) is 0 Å². The highest BCUT2D eigenvalue weighted by Gasteiger charge is 2.25. The average Bonchev–Trinajstić information content (AvgIpc) is 2.46. The molecule has 7 nitrogen and oxygen atoms in total. The molecule has 1 heterocycles. The number of sulfonamides is 1. The van der Waals surface area contributed by atoms with Crippen molar-refractivity contribution in [2.24, 2.45) is 0 Å². The van der Waals surface area contributed by atoms with Crippen LogP contribution in [-0.4, -0.2) is 82.3 Å². The van der Waals surface area contributed by atoms with E-state index >= 15 is 0 Å². The molecule has 1 fully saturated rings. The van der Waals surface area contributed by atoms with Gasteiger partial charge in [0.15, 0.2) is 0 Å². The average molecular weight is 321 g/mol. The molecule has 1 unspecified atom stereocenters. The van der Waals surface area contributed by atoms with Gasteiger partial charge in [0.2, 0.25) is 10.0 Å². The van der Waals surface area contributed by atoms with Crippen molar-refractivity contribution in [2.45, 2.75) is 25.8 Å². The highest BCUT2D eigenvalue weighted by molar-refractivity contribution is 7.88. The van der Waals surface area contributed by atoms with Gasteiger partial charge in [0.05, 0.1) is 13.4 Å². The third kappa shape index (κ3) is 6.29. The lowest BCUT2D eigenvalue weighted by atomic mass is 10.2. The van der Waals surface area contributed by atoms with E-state index in [0.717, 1.165) is 19.5 Å². The van der Waals surface area contributed by atoms with Crippen molar-refractivity contribution in [1.82, 2.24) is 14.5 Å². The van der Waals surface area contributed by atoms with Gasteiger partial charge in [-0.25, -0.2) is 8.42 Å². The molecule has 0 aliphatic carbocycles. The summed E-state index contributed by atoms with van der Waals surface area (Å²) in [4.78, 5) is 13.9. The van der Waals surface area contributed by atoms with Gasteiger partial charge in [-0.15, -0.1) is 0 Å². The summed E-state index contributed by atoms with van der Waals surface area (Å²) in [7, 11) is -1.69. The minimum atomic E-state index is -3.09. The van der Waals surface area contributed by atoms with Crippen LogP contribution in [0.2, 0.25) is 0 Å².